The van der Waals surface area contributed by atoms with Crippen LogP contribution in [0.25, 0.3) is 0 Å². The van der Waals surface area contributed by atoms with Crippen molar-refractivity contribution in [2.24, 2.45) is 0 Å². The molecule has 1 aromatic rings. The Morgan fingerprint density at radius 2 is 1.80 bits per heavy atom. The van der Waals surface area contributed by atoms with Crippen LogP contribution in [0.5, 0.6) is 5.75 Å². The van der Waals surface area contributed by atoms with Gasteiger partial charge in [-0.25, -0.2) is 0 Å². The highest BCUT2D eigenvalue weighted by Gasteiger charge is 2.18. The van der Waals surface area contributed by atoms with E-state index >= 15 is 0 Å². The quantitative estimate of drug-likeness (QED) is 0.718. The van der Waals surface area contributed by atoms with Crippen LogP contribution >= 0.6 is 12.4 Å². The van der Waals surface area contributed by atoms with E-state index in [1.807, 2.05) is 0 Å². The molecule has 20 heavy (non-hydrogen) atoms. The molecular weight excluding hydrogens is 270 g/mol. The summed E-state index contributed by atoms with van der Waals surface area (Å²) in [5, 5.41) is 0. The SMILES string of the molecule is CN(C)CCCOc1ccccc1C1CCCCC1.Cl. The summed E-state index contributed by atoms with van der Waals surface area (Å²) in [5.41, 5.74) is 1.44. The highest BCUT2D eigenvalue weighted by Crippen LogP contribution is 2.37. The molecule has 0 radical (unpaired) electrons. The molecule has 0 amide bonds. The predicted octanol–water partition coefficient (Wildman–Crippen LogP) is 4.49. The van der Waals surface area contributed by atoms with Crippen molar-refractivity contribution < 1.29 is 4.74 Å². The summed E-state index contributed by atoms with van der Waals surface area (Å²) in [5.74, 6) is 1.84. The first kappa shape index (κ1) is 17.3. The first-order chi connectivity index (χ1) is 9.27. The minimum Gasteiger partial charge on any atom is -0.493 e. The van der Waals surface area contributed by atoms with Crippen LogP contribution < -0.4 is 4.74 Å². The highest BCUT2D eigenvalue weighted by atomic mass is 35.5. The Balaban J connectivity index is 0.00000200. The molecular formula is C17H28ClNO. The van der Waals surface area contributed by atoms with Crippen molar-refractivity contribution in [2.45, 2.75) is 44.4 Å². The van der Waals surface area contributed by atoms with E-state index in [0.29, 0.717) is 0 Å². The lowest BCUT2D eigenvalue weighted by Gasteiger charge is -2.24. The number of hydrogen-bond donors (Lipinski definition) is 0. The molecule has 1 saturated carbocycles. The first-order valence-corrected chi connectivity index (χ1v) is 7.64. The summed E-state index contributed by atoms with van der Waals surface area (Å²) < 4.78 is 6.01. The molecule has 0 aliphatic heterocycles. The zero-order valence-corrected chi connectivity index (χ0v) is 13.6. The monoisotopic (exact) mass is 297 g/mol. The lowest BCUT2D eigenvalue weighted by molar-refractivity contribution is 0.276. The van der Waals surface area contributed by atoms with E-state index in [1.165, 1.54) is 37.7 Å². The maximum absolute atomic E-state index is 6.01. The zero-order valence-electron chi connectivity index (χ0n) is 12.8. The van der Waals surface area contributed by atoms with Crippen molar-refractivity contribution in [3.05, 3.63) is 29.8 Å². The Labute approximate surface area is 129 Å². The number of nitrogens with zero attached hydrogens (tertiary/aromatic N) is 1. The zero-order chi connectivity index (χ0) is 13.5. The third-order valence-corrected chi connectivity index (χ3v) is 3.97. The van der Waals surface area contributed by atoms with Gasteiger partial charge in [0.2, 0.25) is 0 Å². The molecule has 0 aromatic heterocycles. The number of para-hydroxylation sites is 1. The maximum Gasteiger partial charge on any atom is 0.122 e. The smallest absolute Gasteiger partial charge is 0.122 e. The summed E-state index contributed by atoms with van der Waals surface area (Å²) in [6.07, 6.45) is 7.91. The van der Waals surface area contributed by atoms with Crippen LogP contribution in [0.3, 0.4) is 0 Å². The fraction of sp³-hybridized carbons (Fsp3) is 0.647. The minimum atomic E-state index is 0. The van der Waals surface area contributed by atoms with Crippen LogP contribution in [-0.4, -0.2) is 32.1 Å². The fourth-order valence-corrected chi connectivity index (χ4v) is 2.93. The van der Waals surface area contributed by atoms with Crippen LogP contribution in [0.1, 0.15) is 50.0 Å². The summed E-state index contributed by atoms with van der Waals surface area (Å²) in [6, 6.07) is 8.64. The van der Waals surface area contributed by atoms with Gasteiger partial charge in [0.25, 0.3) is 0 Å². The summed E-state index contributed by atoms with van der Waals surface area (Å²) in [4.78, 5) is 2.20. The number of benzene rings is 1. The van der Waals surface area contributed by atoms with Gasteiger partial charge >= 0.3 is 0 Å². The predicted molar refractivity (Wildman–Crippen MR) is 88.2 cm³/mol. The third-order valence-electron chi connectivity index (χ3n) is 3.97. The normalized spacial score (nSPS) is 15.9. The van der Waals surface area contributed by atoms with Crippen molar-refractivity contribution in [1.82, 2.24) is 4.90 Å². The van der Waals surface area contributed by atoms with E-state index < -0.39 is 0 Å². The molecule has 0 N–H and O–H groups in total. The van der Waals surface area contributed by atoms with Gasteiger partial charge in [0, 0.05) is 6.54 Å². The van der Waals surface area contributed by atoms with E-state index in [2.05, 4.69) is 43.3 Å². The molecule has 1 fully saturated rings. The van der Waals surface area contributed by atoms with Gasteiger partial charge in [-0.1, -0.05) is 37.5 Å². The van der Waals surface area contributed by atoms with Crippen LogP contribution in [-0.2, 0) is 0 Å². The molecule has 1 aliphatic carbocycles. The number of ether oxygens (including phenoxy) is 1. The van der Waals surface area contributed by atoms with Gasteiger partial charge in [0.05, 0.1) is 6.61 Å². The number of halogens is 1. The van der Waals surface area contributed by atoms with E-state index in [0.717, 1.165) is 31.2 Å². The van der Waals surface area contributed by atoms with Crippen molar-refractivity contribution in [2.75, 3.05) is 27.2 Å². The molecule has 1 aromatic carbocycles. The molecule has 2 rings (SSSR count). The molecule has 0 bridgehead atoms. The Kier molecular flexibility index (Phi) is 8.01. The van der Waals surface area contributed by atoms with Crippen molar-refractivity contribution in [3.8, 4) is 5.75 Å². The standard InChI is InChI=1S/C17H27NO.ClH/c1-18(2)13-8-14-19-17-12-7-6-11-16(17)15-9-4-3-5-10-15;/h6-7,11-12,15H,3-5,8-10,13-14H2,1-2H3;1H. The topological polar surface area (TPSA) is 12.5 Å². The molecule has 1 aliphatic rings. The second-order valence-electron chi connectivity index (χ2n) is 5.88. The molecule has 0 unspecified atom stereocenters. The van der Waals surface area contributed by atoms with Gasteiger partial charge in [-0.2, -0.15) is 0 Å². The second-order valence-corrected chi connectivity index (χ2v) is 5.88. The fourth-order valence-electron chi connectivity index (χ4n) is 2.93. The summed E-state index contributed by atoms with van der Waals surface area (Å²) >= 11 is 0. The average molecular weight is 298 g/mol. The van der Waals surface area contributed by atoms with Crippen LogP contribution in [0.2, 0.25) is 0 Å². The molecule has 0 spiro atoms. The lowest BCUT2D eigenvalue weighted by Crippen LogP contribution is -2.16. The number of rotatable bonds is 6. The second kappa shape index (κ2) is 9.25. The molecule has 0 heterocycles. The molecule has 0 saturated heterocycles. The summed E-state index contributed by atoms with van der Waals surface area (Å²) in [7, 11) is 4.21. The highest BCUT2D eigenvalue weighted by molar-refractivity contribution is 5.85. The summed E-state index contributed by atoms with van der Waals surface area (Å²) in [6.45, 7) is 1.91. The largest absolute Gasteiger partial charge is 0.493 e. The van der Waals surface area contributed by atoms with Gasteiger partial charge in [-0.3, -0.25) is 0 Å². The molecule has 114 valence electrons. The molecule has 0 atom stereocenters. The van der Waals surface area contributed by atoms with Gasteiger partial charge < -0.3 is 9.64 Å². The Bertz CT molecular complexity index is 375. The van der Waals surface area contributed by atoms with Gasteiger partial charge in [0.1, 0.15) is 5.75 Å². The van der Waals surface area contributed by atoms with Crippen molar-refractivity contribution >= 4 is 12.4 Å². The maximum atomic E-state index is 6.01. The number of hydrogen-bond acceptors (Lipinski definition) is 2. The van der Waals surface area contributed by atoms with E-state index in [1.54, 1.807) is 0 Å². The van der Waals surface area contributed by atoms with Gasteiger partial charge in [-0.15, -0.1) is 12.4 Å². The van der Waals surface area contributed by atoms with Crippen LogP contribution in [0, 0.1) is 0 Å². The van der Waals surface area contributed by atoms with Crippen LogP contribution in [0.4, 0.5) is 0 Å². The molecule has 2 nitrogen and oxygen atoms in total. The Hall–Kier alpha value is -0.730. The Morgan fingerprint density at radius 1 is 1.10 bits per heavy atom. The van der Waals surface area contributed by atoms with Crippen molar-refractivity contribution in [1.29, 1.82) is 0 Å². The van der Waals surface area contributed by atoms with Crippen LogP contribution in [0.15, 0.2) is 24.3 Å². The molecule has 3 heteroatoms. The first-order valence-electron chi connectivity index (χ1n) is 7.64. The third kappa shape index (κ3) is 5.34. The van der Waals surface area contributed by atoms with E-state index in [9.17, 15) is 0 Å². The van der Waals surface area contributed by atoms with E-state index in [-0.39, 0.29) is 12.4 Å². The Morgan fingerprint density at radius 3 is 2.50 bits per heavy atom. The average Bonchev–Trinajstić information content (AvgIpc) is 2.45. The van der Waals surface area contributed by atoms with Gasteiger partial charge in [-0.05, 0) is 50.9 Å². The lowest BCUT2D eigenvalue weighted by atomic mass is 9.84. The van der Waals surface area contributed by atoms with Gasteiger partial charge in [0.15, 0.2) is 0 Å². The van der Waals surface area contributed by atoms with E-state index in [4.69, 9.17) is 4.74 Å². The van der Waals surface area contributed by atoms with Crippen molar-refractivity contribution in [3.63, 3.8) is 0 Å². The minimum absolute atomic E-state index is 0.